The van der Waals surface area contributed by atoms with Gasteiger partial charge >= 0.3 is 0 Å². The minimum atomic E-state index is -3.73. The molecule has 5 heteroatoms. The highest BCUT2D eigenvalue weighted by Gasteiger charge is 2.28. The summed E-state index contributed by atoms with van der Waals surface area (Å²) in [5.41, 5.74) is 1.54. The number of rotatable bonds is 5. The van der Waals surface area contributed by atoms with Crippen molar-refractivity contribution < 1.29 is 8.42 Å². The second-order valence-corrected chi connectivity index (χ2v) is 7.83. The Balaban J connectivity index is 2.26. The van der Waals surface area contributed by atoms with Crippen LogP contribution in [0.1, 0.15) is 28.2 Å². The quantitative estimate of drug-likeness (QED) is 0.590. The van der Waals surface area contributed by atoms with Crippen LogP contribution in [0.5, 0.6) is 0 Å². The second-order valence-electron chi connectivity index (χ2n) is 4.49. The molecule has 2 aromatic carbocycles. The fourth-order valence-corrected chi connectivity index (χ4v) is 3.93. The largest absolute Gasteiger partial charge is 0.239 e. The molecule has 0 aliphatic heterocycles. The van der Waals surface area contributed by atoms with E-state index in [-0.39, 0.29) is 6.42 Å². The summed E-state index contributed by atoms with van der Waals surface area (Å²) in [6, 6.07) is 18.3. The molecule has 2 rings (SSSR count). The number of halogens is 2. The van der Waals surface area contributed by atoms with Crippen molar-refractivity contribution in [2.45, 2.75) is 17.0 Å². The molecule has 0 radical (unpaired) electrons. The first-order valence-corrected chi connectivity index (χ1v) is 8.97. The minimum absolute atomic E-state index is 0.238. The van der Waals surface area contributed by atoms with E-state index in [4.69, 9.17) is 22.3 Å². The highest BCUT2D eigenvalue weighted by Crippen LogP contribution is 2.37. The number of alkyl halides is 1. The maximum absolute atomic E-state index is 11.8. The third-order valence-corrected chi connectivity index (χ3v) is 5.31. The number of benzene rings is 2. The lowest BCUT2D eigenvalue weighted by Crippen LogP contribution is -2.10. The van der Waals surface area contributed by atoms with Gasteiger partial charge in [-0.15, -0.1) is 11.6 Å². The first kappa shape index (κ1) is 15.4. The summed E-state index contributed by atoms with van der Waals surface area (Å²) >= 11 is 6.33. The molecule has 0 saturated heterocycles. The maximum Gasteiger partial charge on any atom is 0.239 e. The van der Waals surface area contributed by atoms with Gasteiger partial charge in [0, 0.05) is 10.7 Å². The van der Waals surface area contributed by atoms with Crippen LogP contribution in [-0.2, 0) is 9.05 Å². The van der Waals surface area contributed by atoms with Crippen molar-refractivity contribution in [3.8, 4) is 0 Å². The molecule has 2 unspecified atom stereocenters. The van der Waals surface area contributed by atoms with Gasteiger partial charge in [-0.05, 0) is 17.5 Å². The molecule has 0 aliphatic rings. The van der Waals surface area contributed by atoms with Gasteiger partial charge in [0.1, 0.15) is 5.25 Å². The minimum Gasteiger partial charge on any atom is -0.212 e. The van der Waals surface area contributed by atoms with Gasteiger partial charge in [0.15, 0.2) is 0 Å². The van der Waals surface area contributed by atoms with Crippen LogP contribution < -0.4 is 0 Å². The van der Waals surface area contributed by atoms with Crippen LogP contribution in [0.4, 0.5) is 0 Å². The van der Waals surface area contributed by atoms with E-state index in [0.29, 0.717) is 5.56 Å². The Morgan fingerprint density at radius 1 is 0.850 bits per heavy atom. The van der Waals surface area contributed by atoms with Crippen molar-refractivity contribution in [2.24, 2.45) is 0 Å². The predicted molar refractivity (Wildman–Crippen MR) is 83.6 cm³/mol. The molecule has 2 nitrogen and oxygen atoms in total. The van der Waals surface area contributed by atoms with Gasteiger partial charge in [0.05, 0.1) is 5.38 Å². The highest BCUT2D eigenvalue weighted by molar-refractivity contribution is 8.13. The van der Waals surface area contributed by atoms with E-state index in [9.17, 15) is 8.42 Å². The van der Waals surface area contributed by atoms with Crippen molar-refractivity contribution in [3.63, 3.8) is 0 Å². The summed E-state index contributed by atoms with van der Waals surface area (Å²) in [5, 5.41) is -1.22. The predicted octanol–water partition coefficient (Wildman–Crippen LogP) is 4.67. The highest BCUT2D eigenvalue weighted by atomic mass is 35.7. The van der Waals surface area contributed by atoms with Gasteiger partial charge in [0.25, 0.3) is 0 Å². The molecule has 0 spiro atoms. The van der Waals surface area contributed by atoms with Gasteiger partial charge < -0.3 is 0 Å². The Morgan fingerprint density at radius 3 is 1.75 bits per heavy atom. The van der Waals surface area contributed by atoms with E-state index in [1.165, 1.54) is 0 Å². The summed E-state index contributed by atoms with van der Waals surface area (Å²) in [6.07, 6.45) is 0.238. The molecule has 20 heavy (non-hydrogen) atoms. The van der Waals surface area contributed by atoms with Gasteiger partial charge in [-0.1, -0.05) is 60.7 Å². The average Bonchev–Trinajstić information content (AvgIpc) is 2.45. The summed E-state index contributed by atoms with van der Waals surface area (Å²) in [6.45, 7) is 0. The molecule has 2 aromatic rings. The molecule has 106 valence electrons. The molecule has 0 aliphatic carbocycles. The Labute approximate surface area is 128 Å². The Bertz CT molecular complexity index is 642. The molecule has 0 amide bonds. The van der Waals surface area contributed by atoms with Crippen LogP contribution >= 0.6 is 22.3 Å². The first-order valence-electron chi connectivity index (χ1n) is 6.16. The van der Waals surface area contributed by atoms with E-state index in [1.807, 2.05) is 36.4 Å². The van der Waals surface area contributed by atoms with Gasteiger partial charge in [0.2, 0.25) is 9.05 Å². The van der Waals surface area contributed by atoms with Crippen molar-refractivity contribution in [3.05, 3.63) is 71.8 Å². The first-order chi connectivity index (χ1) is 9.48. The standard InChI is InChI=1S/C15H14Cl2O2S/c16-14(12-7-3-1-4-8-12)11-15(20(17,18)19)13-9-5-2-6-10-13/h1-10,14-15H,11H2. The summed E-state index contributed by atoms with van der Waals surface area (Å²) in [7, 11) is 1.85. The molecule has 0 fully saturated rings. The average molecular weight is 329 g/mol. The van der Waals surface area contributed by atoms with E-state index >= 15 is 0 Å². The van der Waals surface area contributed by atoms with E-state index in [1.54, 1.807) is 24.3 Å². The van der Waals surface area contributed by atoms with Gasteiger partial charge in [-0.25, -0.2) is 8.42 Å². The Hall–Kier alpha value is -1.03. The summed E-state index contributed by atoms with van der Waals surface area (Å²) < 4.78 is 23.6. The van der Waals surface area contributed by atoms with Gasteiger partial charge in [-0.2, -0.15) is 0 Å². The zero-order chi connectivity index (χ0) is 14.6. The zero-order valence-corrected chi connectivity index (χ0v) is 12.9. The smallest absolute Gasteiger partial charge is 0.212 e. The monoisotopic (exact) mass is 328 g/mol. The van der Waals surface area contributed by atoms with Crippen LogP contribution in [-0.4, -0.2) is 8.42 Å². The number of hydrogen-bond donors (Lipinski definition) is 0. The van der Waals surface area contributed by atoms with Crippen LogP contribution in [0.3, 0.4) is 0 Å². The van der Waals surface area contributed by atoms with E-state index in [2.05, 4.69) is 0 Å². The van der Waals surface area contributed by atoms with Gasteiger partial charge in [-0.3, -0.25) is 0 Å². The molecular formula is C15H14Cl2O2S. The van der Waals surface area contributed by atoms with E-state index < -0.39 is 19.7 Å². The lowest BCUT2D eigenvalue weighted by molar-refractivity contribution is 0.588. The van der Waals surface area contributed by atoms with Crippen molar-refractivity contribution in [1.29, 1.82) is 0 Å². The van der Waals surface area contributed by atoms with E-state index in [0.717, 1.165) is 5.56 Å². The fourth-order valence-electron chi connectivity index (χ4n) is 2.07. The SMILES string of the molecule is O=S(=O)(Cl)C(CC(Cl)c1ccccc1)c1ccccc1. The molecular weight excluding hydrogens is 315 g/mol. The molecule has 0 bridgehead atoms. The third kappa shape index (κ3) is 3.98. The maximum atomic E-state index is 11.8. The second kappa shape index (κ2) is 6.61. The third-order valence-electron chi connectivity index (χ3n) is 3.09. The number of hydrogen-bond acceptors (Lipinski definition) is 2. The zero-order valence-electron chi connectivity index (χ0n) is 10.6. The van der Waals surface area contributed by atoms with Crippen molar-refractivity contribution in [1.82, 2.24) is 0 Å². The summed E-state index contributed by atoms with van der Waals surface area (Å²) in [5.74, 6) is 0. The van der Waals surface area contributed by atoms with Crippen LogP contribution in [0.25, 0.3) is 0 Å². The summed E-state index contributed by atoms with van der Waals surface area (Å²) in [4.78, 5) is 0. The Kier molecular flexibility index (Phi) is 5.08. The Morgan fingerprint density at radius 2 is 1.30 bits per heavy atom. The van der Waals surface area contributed by atoms with Crippen LogP contribution in [0.2, 0.25) is 0 Å². The lowest BCUT2D eigenvalue weighted by Gasteiger charge is -2.18. The molecule has 0 N–H and O–H groups in total. The molecule has 0 saturated carbocycles. The molecule has 0 aromatic heterocycles. The van der Waals surface area contributed by atoms with Crippen LogP contribution in [0, 0.1) is 0 Å². The van der Waals surface area contributed by atoms with Crippen molar-refractivity contribution >= 4 is 31.3 Å². The lowest BCUT2D eigenvalue weighted by atomic mass is 10.0. The normalized spacial score (nSPS) is 14.7. The van der Waals surface area contributed by atoms with Crippen molar-refractivity contribution in [2.75, 3.05) is 0 Å². The molecule has 2 atom stereocenters. The topological polar surface area (TPSA) is 34.1 Å². The fraction of sp³-hybridized carbons (Fsp3) is 0.200. The molecule has 0 heterocycles. The van der Waals surface area contributed by atoms with Crippen LogP contribution in [0.15, 0.2) is 60.7 Å².